The molecule has 33 heavy (non-hydrogen) atoms. The van der Waals surface area contributed by atoms with E-state index in [1.807, 2.05) is 0 Å². The lowest BCUT2D eigenvalue weighted by atomic mass is 10.2. The maximum atomic E-state index is 12.8. The second kappa shape index (κ2) is 9.12. The van der Waals surface area contributed by atoms with Crippen molar-refractivity contribution < 1.29 is 26.4 Å². The van der Waals surface area contributed by atoms with E-state index >= 15 is 0 Å². The fourth-order valence-electron chi connectivity index (χ4n) is 3.75. The van der Waals surface area contributed by atoms with Crippen LogP contribution in [0.1, 0.15) is 12.0 Å². The lowest BCUT2D eigenvalue weighted by molar-refractivity contribution is -0.132. The van der Waals surface area contributed by atoms with Crippen molar-refractivity contribution in [3.8, 4) is 5.75 Å². The minimum Gasteiger partial charge on any atom is -0.497 e. The Morgan fingerprint density at radius 3 is 2.39 bits per heavy atom. The fraction of sp³-hybridized carbons (Fsp3) is 0.333. The number of nitrogens with one attached hydrogen (secondary N) is 1. The number of fused-ring (bicyclic) bond motifs is 1. The van der Waals surface area contributed by atoms with Crippen molar-refractivity contribution in [2.24, 2.45) is 4.99 Å². The van der Waals surface area contributed by atoms with Crippen molar-refractivity contribution in [1.29, 1.82) is 0 Å². The van der Waals surface area contributed by atoms with Gasteiger partial charge in [-0.25, -0.2) is 16.8 Å². The second-order valence-electron chi connectivity index (χ2n) is 7.54. The normalized spacial score (nSPS) is 19.2. The summed E-state index contributed by atoms with van der Waals surface area (Å²) < 4.78 is 58.8. The van der Waals surface area contributed by atoms with E-state index in [1.165, 1.54) is 29.6 Å². The molecule has 1 saturated heterocycles. The molecular formula is C21H24N4O6S2. The number of rotatable bonds is 6. The summed E-state index contributed by atoms with van der Waals surface area (Å²) in [4.78, 5) is 18.8. The molecule has 2 aliphatic rings. The molecule has 4 rings (SSSR count). The first-order valence-corrected chi connectivity index (χ1v) is 13.2. The molecule has 1 amide bonds. The third kappa shape index (κ3) is 4.72. The van der Waals surface area contributed by atoms with Gasteiger partial charge in [-0.15, -0.1) is 0 Å². The van der Waals surface area contributed by atoms with Crippen molar-refractivity contribution in [3.63, 3.8) is 0 Å². The summed E-state index contributed by atoms with van der Waals surface area (Å²) >= 11 is 0. The van der Waals surface area contributed by atoms with Gasteiger partial charge in [-0.05, 0) is 36.4 Å². The van der Waals surface area contributed by atoms with E-state index in [-0.39, 0.29) is 60.7 Å². The lowest BCUT2D eigenvalue weighted by Crippen LogP contribution is -2.50. The van der Waals surface area contributed by atoms with Crippen LogP contribution in [-0.4, -0.2) is 77.6 Å². The number of hydrogen-bond donors (Lipinski definition) is 1. The molecule has 0 saturated carbocycles. The maximum absolute atomic E-state index is 12.8. The van der Waals surface area contributed by atoms with E-state index in [4.69, 9.17) is 4.74 Å². The van der Waals surface area contributed by atoms with Crippen molar-refractivity contribution >= 4 is 31.8 Å². The van der Waals surface area contributed by atoms with Gasteiger partial charge in [-0.2, -0.15) is 4.31 Å². The summed E-state index contributed by atoms with van der Waals surface area (Å²) in [6, 6.07) is 12.7. The smallest absolute Gasteiger partial charge is 0.263 e. The average Bonchev–Trinajstić information content (AvgIpc) is 3.09. The highest BCUT2D eigenvalue weighted by atomic mass is 32.2. The van der Waals surface area contributed by atoms with Gasteiger partial charge in [-0.3, -0.25) is 14.5 Å². The maximum Gasteiger partial charge on any atom is 0.263 e. The molecule has 0 atom stereocenters. The SMILES string of the molecule is COc1ccc(S(=O)(=O)N2CCN(C(=O)CCN=C3NS(=O)(=O)c4ccccc43)CC2)cc1. The molecule has 176 valence electrons. The van der Waals surface area contributed by atoms with Gasteiger partial charge in [0.05, 0.1) is 23.4 Å². The van der Waals surface area contributed by atoms with Gasteiger partial charge in [0.1, 0.15) is 11.6 Å². The number of hydrogen-bond acceptors (Lipinski definition) is 7. The zero-order valence-electron chi connectivity index (χ0n) is 18.0. The first-order valence-electron chi connectivity index (χ1n) is 10.3. The Morgan fingerprint density at radius 1 is 1.06 bits per heavy atom. The highest BCUT2D eigenvalue weighted by Crippen LogP contribution is 2.23. The molecule has 2 heterocycles. The monoisotopic (exact) mass is 492 g/mol. The Morgan fingerprint density at radius 2 is 1.73 bits per heavy atom. The van der Waals surface area contributed by atoms with E-state index in [1.54, 1.807) is 35.2 Å². The largest absolute Gasteiger partial charge is 0.497 e. The summed E-state index contributed by atoms with van der Waals surface area (Å²) in [5, 5.41) is 0. The van der Waals surface area contributed by atoms with Crippen LogP contribution in [0.2, 0.25) is 0 Å². The van der Waals surface area contributed by atoms with Gasteiger partial charge in [-0.1, -0.05) is 12.1 Å². The number of piperazine rings is 1. The van der Waals surface area contributed by atoms with Crippen LogP contribution < -0.4 is 9.46 Å². The predicted octanol–water partition coefficient (Wildman–Crippen LogP) is 0.657. The number of sulfonamides is 2. The fourth-order valence-corrected chi connectivity index (χ4v) is 6.42. The summed E-state index contributed by atoms with van der Waals surface area (Å²) in [5.74, 6) is 0.644. The summed E-state index contributed by atoms with van der Waals surface area (Å²) in [7, 11) is -5.76. The molecule has 0 aromatic heterocycles. The Kier molecular flexibility index (Phi) is 6.41. The van der Waals surface area contributed by atoms with Gasteiger partial charge >= 0.3 is 0 Å². The zero-order valence-corrected chi connectivity index (χ0v) is 19.6. The number of aliphatic imine (C=N–C) groups is 1. The Bertz CT molecular complexity index is 1280. The van der Waals surface area contributed by atoms with Crippen LogP contribution in [0.4, 0.5) is 0 Å². The molecule has 0 spiro atoms. The van der Waals surface area contributed by atoms with Crippen molar-refractivity contribution in [1.82, 2.24) is 13.9 Å². The minimum atomic E-state index is -3.65. The van der Waals surface area contributed by atoms with Crippen LogP contribution in [-0.2, 0) is 24.8 Å². The number of nitrogens with zero attached hydrogens (tertiary/aromatic N) is 3. The molecule has 10 nitrogen and oxygen atoms in total. The molecule has 12 heteroatoms. The van der Waals surface area contributed by atoms with Crippen LogP contribution in [0.15, 0.2) is 63.3 Å². The van der Waals surface area contributed by atoms with E-state index < -0.39 is 20.0 Å². The Labute approximate surface area is 193 Å². The number of carbonyl (C=O) groups is 1. The average molecular weight is 493 g/mol. The molecule has 0 bridgehead atoms. The summed E-state index contributed by atoms with van der Waals surface area (Å²) in [6.45, 7) is 1.07. The number of benzene rings is 2. The van der Waals surface area contributed by atoms with E-state index in [2.05, 4.69) is 9.71 Å². The Hall–Kier alpha value is -2.96. The minimum absolute atomic E-state index is 0.0959. The van der Waals surface area contributed by atoms with Crippen molar-refractivity contribution in [2.45, 2.75) is 16.2 Å². The molecule has 2 aromatic carbocycles. The zero-order chi connectivity index (χ0) is 23.6. The number of amides is 1. The van der Waals surface area contributed by atoms with Crippen LogP contribution in [0.25, 0.3) is 0 Å². The van der Waals surface area contributed by atoms with Gasteiger partial charge < -0.3 is 9.64 Å². The molecule has 0 radical (unpaired) electrons. The van der Waals surface area contributed by atoms with Gasteiger partial charge in [0.2, 0.25) is 15.9 Å². The van der Waals surface area contributed by atoms with Crippen LogP contribution in [0.3, 0.4) is 0 Å². The van der Waals surface area contributed by atoms with Gasteiger partial charge in [0, 0.05) is 38.2 Å². The highest BCUT2D eigenvalue weighted by Gasteiger charge is 2.31. The first kappa shape index (κ1) is 23.2. The third-order valence-corrected chi connectivity index (χ3v) is 8.86. The van der Waals surface area contributed by atoms with Crippen molar-refractivity contribution in [2.75, 3.05) is 39.8 Å². The number of amidine groups is 1. The molecular weight excluding hydrogens is 468 g/mol. The quantitative estimate of drug-likeness (QED) is 0.631. The highest BCUT2D eigenvalue weighted by molar-refractivity contribution is 7.90. The first-order chi connectivity index (χ1) is 15.7. The summed E-state index contributed by atoms with van der Waals surface area (Å²) in [6.07, 6.45) is 0.0959. The summed E-state index contributed by atoms with van der Waals surface area (Å²) in [5.41, 5.74) is 0.488. The second-order valence-corrected chi connectivity index (χ2v) is 11.1. The predicted molar refractivity (Wildman–Crippen MR) is 121 cm³/mol. The standard InChI is InChI=1S/C21H24N4O6S2/c1-31-16-6-8-17(9-7-16)33(29,30)25-14-12-24(13-15-25)20(26)10-11-22-21-18-4-2-3-5-19(18)32(27,28)23-21/h2-9H,10-15H2,1H3,(H,22,23). The Balaban J connectivity index is 1.32. The van der Waals surface area contributed by atoms with Crippen LogP contribution in [0.5, 0.6) is 5.75 Å². The molecule has 2 aliphatic heterocycles. The molecule has 1 N–H and O–H groups in total. The third-order valence-electron chi connectivity index (χ3n) is 5.55. The van der Waals surface area contributed by atoms with E-state index in [0.717, 1.165) is 0 Å². The molecule has 0 unspecified atom stereocenters. The van der Waals surface area contributed by atoms with E-state index in [0.29, 0.717) is 11.3 Å². The van der Waals surface area contributed by atoms with Crippen molar-refractivity contribution in [3.05, 3.63) is 54.1 Å². The molecule has 1 fully saturated rings. The lowest BCUT2D eigenvalue weighted by Gasteiger charge is -2.34. The van der Waals surface area contributed by atoms with Gasteiger partial charge in [0.15, 0.2) is 0 Å². The van der Waals surface area contributed by atoms with E-state index in [9.17, 15) is 21.6 Å². The topological polar surface area (TPSA) is 125 Å². The number of ether oxygens (including phenoxy) is 1. The van der Waals surface area contributed by atoms with Crippen LogP contribution in [0, 0.1) is 0 Å². The number of carbonyl (C=O) groups excluding carboxylic acids is 1. The van der Waals surface area contributed by atoms with Gasteiger partial charge in [0.25, 0.3) is 10.0 Å². The molecule has 0 aliphatic carbocycles. The number of methoxy groups -OCH3 is 1. The van der Waals surface area contributed by atoms with Crippen LogP contribution >= 0.6 is 0 Å². The molecule has 2 aromatic rings.